The van der Waals surface area contributed by atoms with E-state index in [9.17, 15) is 9.59 Å². The fraction of sp³-hybridized carbons (Fsp3) is 0.837. The maximum absolute atomic E-state index is 12.7. The molecule has 0 saturated carbocycles. The Morgan fingerprint density at radius 2 is 0.833 bits per heavy atom. The van der Waals surface area contributed by atoms with Gasteiger partial charge >= 0.3 is 11.9 Å². The third kappa shape index (κ3) is 42.9. The topological polar surface area (TPSA) is 61.8 Å². The van der Waals surface area contributed by atoms with Gasteiger partial charge in [0.25, 0.3) is 0 Å². The van der Waals surface area contributed by atoms with E-state index in [1.54, 1.807) is 0 Å². The van der Waals surface area contributed by atoms with Gasteiger partial charge in [0.1, 0.15) is 6.61 Å². The number of carbonyl (C=O) groups is 2. The van der Waals surface area contributed by atoms with Gasteiger partial charge in [-0.2, -0.15) is 0 Å². The Morgan fingerprint density at radius 1 is 0.426 bits per heavy atom. The van der Waals surface area contributed by atoms with Crippen LogP contribution in [0.25, 0.3) is 0 Å². The quantitative estimate of drug-likeness (QED) is 0.0352. The van der Waals surface area contributed by atoms with Crippen LogP contribution in [0, 0.1) is 0 Å². The van der Waals surface area contributed by atoms with Crippen LogP contribution in [0.3, 0.4) is 0 Å². The van der Waals surface area contributed by atoms with Crippen LogP contribution in [-0.2, 0) is 23.8 Å². The summed E-state index contributed by atoms with van der Waals surface area (Å²) in [6, 6.07) is 0. The van der Waals surface area contributed by atoms with Crippen LogP contribution < -0.4 is 0 Å². The number of hydrogen-bond acceptors (Lipinski definition) is 5. The zero-order chi connectivity index (χ0) is 39.3. The van der Waals surface area contributed by atoms with Crippen LogP contribution >= 0.6 is 0 Å². The van der Waals surface area contributed by atoms with Gasteiger partial charge in [-0.25, -0.2) is 0 Å². The molecule has 0 saturated heterocycles. The van der Waals surface area contributed by atoms with Gasteiger partial charge in [-0.1, -0.05) is 211 Å². The Hall–Kier alpha value is -1.88. The van der Waals surface area contributed by atoms with Crippen LogP contribution in [0.4, 0.5) is 0 Å². The Labute approximate surface area is 336 Å². The first-order valence-corrected chi connectivity index (χ1v) is 23.5. The molecule has 0 radical (unpaired) electrons. The van der Waals surface area contributed by atoms with Gasteiger partial charge in [0.2, 0.25) is 0 Å². The molecule has 5 nitrogen and oxygen atoms in total. The number of hydrogen-bond donors (Lipinski definition) is 0. The van der Waals surface area contributed by atoms with E-state index >= 15 is 0 Å². The molecule has 0 bridgehead atoms. The lowest BCUT2D eigenvalue weighted by Gasteiger charge is -2.18. The largest absolute Gasteiger partial charge is 0.462 e. The Balaban J connectivity index is 4.21. The number of carbonyl (C=O) groups excluding carboxylic acids is 2. The van der Waals surface area contributed by atoms with Crippen LogP contribution in [-0.4, -0.2) is 37.9 Å². The van der Waals surface area contributed by atoms with Gasteiger partial charge in [0, 0.05) is 19.4 Å². The molecular formula is C49H90O5. The number of ether oxygens (including phenoxy) is 3. The Bertz CT molecular complexity index is 862. The molecule has 5 heteroatoms. The number of esters is 2. The summed E-state index contributed by atoms with van der Waals surface area (Å²) in [7, 11) is 0. The summed E-state index contributed by atoms with van der Waals surface area (Å²) in [4.78, 5) is 25.2. The SMILES string of the molecule is CC/C=C\C/C=C\C/C=C\CCCCCCCC(=O)OCC(COCCCCCCCCCCCCCCCC)OC(=O)CCCCCCCCCCC. The van der Waals surface area contributed by atoms with E-state index in [1.165, 1.54) is 141 Å². The van der Waals surface area contributed by atoms with Crippen molar-refractivity contribution in [3.8, 4) is 0 Å². The number of allylic oxidation sites excluding steroid dienone is 6. The molecule has 0 aromatic heterocycles. The predicted octanol–water partition coefficient (Wildman–Crippen LogP) is 15.4. The molecule has 0 N–H and O–H groups in total. The van der Waals surface area contributed by atoms with E-state index in [2.05, 4.69) is 57.2 Å². The normalized spacial score (nSPS) is 12.4. The second-order valence-corrected chi connectivity index (χ2v) is 15.6. The zero-order valence-corrected chi connectivity index (χ0v) is 36.2. The summed E-state index contributed by atoms with van der Waals surface area (Å²) >= 11 is 0. The zero-order valence-electron chi connectivity index (χ0n) is 36.2. The first kappa shape index (κ1) is 52.1. The highest BCUT2D eigenvalue weighted by molar-refractivity contribution is 5.70. The molecule has 54 heavy (non-hydrogen) atoms. The van der Waals surface area contributed by atoms with Gasteiger partial charge in [0.05, 0.1) is 6.61 Å². The monoisotopic (exact) mass is 759 g/mol. The van der Waals surface area contributed by atoms with E-state index in [0.717, 1.165) is 64.2 Å². The van der Waals surface area contributed by atoms with Gasteiger partial charge in [0.15, 0.2) is 6.10 Å². The van der Waals surface area contributed by atoms with Crippen molar-refractivity contribution in [2.24, 2.45) is 0 Å². The Morgan fingerprint density at radius 3 is 1.33 bits per heavy atom. The standard InChI is InChI=1S/C49H90O5/c1-4-7-10-13-16-19-21-23-25-26-28-31-33-36-39-42-48(50)53-46-47(54-49(51)43-40-37-34-30-18-15-12-9-6-3)45-52-44-41-38-35-32-29-27-24-22-20-17-14-11-8-5-2/h7,10,16,19,23,25,47H,4-6,8-9,11-15,17-18,20-22,24,26-46H2,1-3H3/b10-7-,19-16-,25-23-. The molecule has 0 aromatic carbocycles. The molecule has 0 fully saturated rings. The fourth-order valence-electron chi connectivity index (χ4n) is 6.70. The number of rotatable bonds is 43. The molecule has 0 rings (SSSR count). The van der Waals surface area contributed by atoms with Gasteiger partial charge < -0.3 is 14.2 Å². The first-order chi connectivity index (χ1) is 26.6. The van der Waals surface area contributed by atoms with Crippen molar-refractivity contribution in [3.05, 3.63) is 36.5 Å². The smallest absolute Gasteiger partial charge is 0.306 e. The van der Waals surface area contributed by atoms with Crippen LogP contribution in [0.1, 0.15) is 239 Å². The molecule has 1 atom stereocenters. The van der Waals surface area contributed by atoms with E-state index in [4.69, 9.17) is 14.2 Å². The van der Waals surface area contributed by atoms with Crippen LogP contribution in [0.2, 0.25) is 0 Å². The molecule has 0 heterocycles. The Kier molecular flexibility index (Phi) is 43.9. The molecule has 0 amide bonds. The van der Waals surface area contributed by atoms with Gasteiger partial charge in [-0.3, -0.25) is 9.59 Å². The maximum Gasteiger partial charge on any atom is 0.306 e. The van der Waals surface area contributed by atoms with Crippen molar-refractivity contribution >= 4 is 11.9 Å². The lowest BCUT2D eigenvalue weighted by atomic mass is 10.0. The summed E-state index contributed by atoms with van der Waals surface area (Å²) in [5, 5.41) is 0. The average Bonchev–Trinajstić information content (AvgIpc) is 3.17. The van der Waals surface area contributed by atoms with Crippen molar-refractivity contribution < 1.29 is 23.8 Å². The third-order valence-corrected chi connectivity index (χ3v) is 10.2. The van der Waals surface area contributed by atoms with Crippen LogP contribution in [0.15, 0.2) is 36.5 Å². The molecule has 0 aliphatic rings. The van der Waals surface area contributed by atoms with E-state index in [0.29, 0.717) is 19.4 Å². The summed E-state index contributed by atoms with van der Waals surface area (Å²) < 4.78 is 17.3. The lowest BCUT2D eigenvalue weighted by molar-refractivity contribution is -0.163. The molecular weight excluding hydrogens is 669 g/mol. The first-order valence-electron chi connectivity index (χ1n) is 23.5. The summed E-state index contributed by atoms with van der Waals surface area (Å²) in [6.07, 6.45) is 52.9. The summed E-state index contributed by atoms with van der Waals surface area (Å²) in [5.74, 6) is -0.409. The minimum absolute atomic E-state index is 0.0814. The van der Waals surface area contributed by atoms with E-state index < -0.39 is 6.10 Å². The van der Waals surface area contributed by atoms with Crippen molar-refractivity contribution in [2.45, 2.75) is 245 Å². The van der Waals surface area contributed by atoms with Crippen LogP contribution in [0.5, 0.6) is 0 Å². The lowest BCUT2D eigenvalue weighted by Crippen LogP contribution is -2.30. The molecule has 0 aliphatic carbocycles. The summed E-state index contributed by atoms with van der Waals surface area (Å²) in [5.41, 5.74) is 0. The van der Waals surface area contributed by atoms with Gasteiger partial charge in [-0.05, 0) is 51.4 Å². The van der Waals surface area contributed by atoms with Crippen molar-refractivity contribution in [2.75, 3.05) is 19.8 Å². The third-order valence-electron chi connectivity index (χ3n) is 10.2. The van der Waals surface area contributed by atoms with E-state index in [-0.39, 0.29) is 25.2 Å². The van der Waals surface area contributed by atoms with Crippen molar-refractivity contribution in [1.82, 2.24) is 0 Å². The molecule has 0 aromatic rings. The second kappa shape index (κ2) is 45.5. The maximum atomic E-state index is 12.7. The van der Waals surface area contributed by atoms with Crippen molar-refractivity contribution in [3.63, 3.8) is 0 Å². The molecule has 316 valence electrons. The fourth-order valence-corrected chi connectivity index (χ4v) is 6.70. The molecule has 0 spiro atoms. The van der Waals surface area contributed by atoms with Crippen molar-refractivity contribution in [1.29, 1.82) is 0 Å². The minimum atomic E-state index is -0.534. The predicted molar refractivity (Wildman–Crippen MR) is 233 cm³/mol. The second-order valence-electron chi connectivity index (χ2n) is 15.6. The minimum Gasteiger partial charge on any atom is -0.462 e. The van der Waals surface area contributed by atoms with E-state index in [1.807, 2.05) is 0 Å². The summed E-state index contributed by atoms with van der Waals surface area (Å²) in [6.45, 7) is 7.71. The number of unbranched alkanes of at least 4 members (excludes halogenated alkanes) is 26. The molecule has 0 aliphatic heterocycles. The highest BCUT2D eigenvalue weighted by Gasteiger charge is 2.17. The average molecular weight is 759 g/mol. The highest BCUT2D eigenvalue weighted by atomic mass is 16.6. The molecule has 1 unspecified atom stereocenters. The van der Waals surface area contributed by atoms with Gasteiger partial charge in [-0.15, -0.1) is 0 Å². The highest BCUT2D eigenvalue weighted by Crippen LogP contribution is 2.15.